The van der Waals surface area contributed by atoms with Crippen molar-refractivity contribution in [1.29, 1.82) is 0 Å². The maximum Gasteiger partial charge on any atom is 0.410 e. The summed E-state index contributed by atoms with van der Waals surface area (Å²) in [6, 6.07) is 18.0. The lowest BCUT2D eigenvalue weighted by atomic mass is 9.93. The van der Waals surface area contributed by atoms with E-state index in [1.807, 2.05) is 36.4 Å². The molecule has 4 rings (SSSR count). The molecule has 2 aromatic rings. The molecule has 2 aromatic carbocycles. The van der Waals surface area contributed by atoms with Gasteiger partial charge < -0.3 is 15.0 Å². The minimum absolute atomic E-state index is 0.125. The molecule has 29 heavy (non-hydrogen) atoms. The van der Waals surface area contributed by atoms with Gasteiger partial charge in [-0.2, -0.15) is 0 Å². The van der Waals surface area contributed by atoms with Gasteiger partial charge in [0, 0.05) is 55.0 Å². The van der Waals surface area contributed by atoms with E-state index in [1.165, 1.54) is 5.56 Å². The molecular weight excluding hydrogens is 391 g/mol. The molecule has 154 valence electrons. The van der Waals surface area contributed by atoms with Crippen LogP contribution in [0.2, 0.25) is 5.02 Å². The molecule has 2 aliphatic rings. The topological polar surface area (TPSA) is 41.6 Å². The van der Waals surface area contributed by atoms with Gasteiger partial charge >= 0.3 is 6.09 Å². The standard InChI is InChI=1S/C23H26ClFN2O2/c24-20-9-5-4-8-18(20)15-29-22(28)27-12-10-23(25,11-13-27)16-26-21-14-19(21)17-6-2-1-3-7-17/h1-9,19,21,26H,10-16H2/t19-,21+/m0/s1. The third-order valence-corrected chi connectivity index (χ3v) is 6.29. The molecule has 0 spiro atoms. The zero-order valence-electron chi connectivity index (χ0n) is 16.3. The van der Waals surface area contributed by atoms with Crippen LogP contribution in [0.25, 0.3) is 0 Å². The number of halogens is 2. The van der Waals surface area contributed by atoms with Crippen molar-refractivity contribution in [1.82, 2.24) is 10.2 Å². The van der Waals surface area contributed by atoms with Crippen LogP contribution in [0.1, 0.15) is 36.3 Å². The van der Waals surface area contributed by atoms with E-state index in [-0.39, 0.29) is 6.61 Å². The second-order valence-corrected chi connectivity index (χ2v) is 8.43. The van der Waals surface area contributed by atoms with Crippen LogP contribution in [0.5, 0.6) is 0 Å². The summed E-state index contributed by atoms with van der Waals surface area (Å²) in [7, 11) is 0. The summed E-state index contributed by atoms with van der Waals surface area (Å²) in [5, 5.41) is 3.96. The van der Waals surface area contributed by atoms with Gasteiger partial charge in [0.1, 0.15) is 12.3 Å². The Hall–Kier alpha value is -2.11. The van der Waals surface area contributed by atoms with Crippen molar-refractivity contribution < 1.29 is 13.9 Å². The monoisotopic (exact) mass is 416 g/mol. The predicted molar refractivity (Wildman–Crippen MR) is 112 cm³/mol. The lowest BCUT2D eigenvalue weighted by molar-refractivity contribution is 0.0408. The van der Waals surface area contributed by atoms with Crippen LogP contribution in [-0.2, 0) is 11.3 Å². The average Bonchev–Trinajstić information content (AvgIpc) is 3.53. The number of ether oxygens (including phenoxy) is 1. The Balaban J connectivity index is 1.19. The molecule has 1 aliphatic carbocycles. The predicted octanol–water partition coefficient (Wildman–Crippen LogP) is 4.93. The van der Waals surface area contributed by atoms with Gasteiger partial charge in [-0.25, -0.2) is 9.18 Å². The van der Waals surface area contributed by atoms with Crippen LogP contribution >= 0.6 is 11.6 Å². The maximum atomic E-state index is 15.2. The Labute approximate surface area is 176 Å². The molecule has 2 fully saturated rings. The zero-order chi connectivity index (χ0) is 20.3. The second-order valence-electron chi connectivity index (χ2n) is 8.02. The van der Waals surface area contributed by atoms with E-state index in [1.54, 1.807) is 11.0 Å². The molecule has 0 bridgehead atoms. The number of hydrogen-bond acceptors (Lipinski definition) is 3. The first-order valence-electron chi connectivity index (χ1n) is 10.2. The lowest BCUT2D eigenvalue weighted by Gasteiger charge is -2.36. The van der Waals surface area contributed by atoms with Gasteiger partial charge in [0.15, 0.2) is 0 Å². The fourth-order valence-corrected chi connectivity index (χ4v) is 4.11. The number of carbonyl (C=O) groups excluding carboxylic acids is 1. The highest BCUT2D eigenvalue weighted by atomic mass is 35.5. The number of rotatable bonds is 6. The Morgan fingerprint density at radius 1 is 1.14 bits per heavy atom. The van der Waals surface area contributed by atoms with E-state index >= 15 is 4.39 Å². The molecule has 1 heterocycles. The largest absolute Gasteiger partial charge is 0.444 e. The van der Waals surface area contributed by atoms with Crippen molar-refractivity contribution in [3.8, 4) is 0 Å². The first-order valence-corrected chi connectivity index (χ1v) is 10.5. The van der Waals surface area contributed by atoms with E-state index in [9.17, 15) is 4.79 Å². The van der Waals surface area contributed by atoms with Crippen LogP contribution < -0.4 is 5.32 Å². The summed E-state index contributed by atoms with van der Waals surface area (Å²) >= 11 is 6.08. The molecule has 0 radical (unpaired) electrons. The molecule has 6 heteroatoms. The molecule has 0 unspecified atom stereocenters. The number of nitrogens with zero attached hydrogens (tertiary/aromatic N) is 1. The molecule has 1 saturated heterocycles. The van der Waals surface area contributed by atoms with Gasteiger partial charge in [-0.05, 0) is 18.1 Å². The van der Waals surface area contributed by atoms with Crippen molar-refractivity contribution in [2.24, 2.45) is 0 Å². The van der Waals surface area contributed by atoms with Gasteiger partial charge in [0.2, 0.25) is 0 Å². The van der Waals surface area contributed by atoms with E-state index in [2.05, 4.69) is 17.4 Å². The lowest BCUT2D eigenvalue weighted by Crippen LogP contribution is -2.49. The third kappa shape index (κ3) is 5.09. The van der Waals surface area contributed by atoms with Gasteiger partial charge in [-0.15, -0.1) is 0 Å². The molecule has 0 aromatic heterocycles. The Bertz CT molecular complexity index is 840. The fourth-order valence-electron chi connectivity index (χ4n) is 3.92. The number of hydrogen-bond donors (Lipinski definition) is 1. The molecule has 1 aliphatic heterocycles. The van der Waals surface area contributed by atoms with Crippen molar-refractivity contribution in [3.05, 3.63) is 70.7 Å². The van der Waals surface area contributed by atoms with Crippen LogP contribution in [0, 0.1) is 0 Å². The number of piperidine rings is 1. The minimum atomic E-state index is -1.27. The fraction of sp³-hybridized carbons (Fsp3) is 0.435. The quantitative estimate of drug-likeness (QED) is 0.726. The molecular formula is C23H26ClFN2O2. The van der Waals surface area contributed by atoms with E-state index in [4.69, 9.17) is 16.3 Å². The van der Waals surface area contributed by atoms with Gasteiger partial charge in [0.05, 0.1) is 0 Å². The maximum absolute atomic E-state index is 15.2. The minimum Gasteiger partial charge on any atom is -0.444 e. The summed E-state index contributed by atoms with van der Waals surface area (Å²) in [4.78, 5) is 13.9. The van der Waals surface area contributed by atoms with Crippen molar-refractivity contribution >= 4 is 17.7 Å². The van der Waals surface area contributed by atoms with E-state index in [0.29, 0.717) is 49.5 Å². The number of amides is 1. The SMILES string of the molecule is O=C(OCc1ccccc1Cl)N1CCC(F)(CN[C@@H]2C[C@H]2c2ccccc2)CC1. The number of alkyl halides is 1. The number of nitrogens with one attached hydrogen (secondary N) is 1. The van der Waals surface area contributed by atoms with Crippen molar-refractivity contribution in [2.45, 2.75) is 43.5 Å². The molecule has 1 amide bonds. The highest BCUT2D eigenvalue weighted by Gasteiger charge is 2.42. The summed E-state index contributed by atoms with van der Waals surface area (Å²) in [5.41, 5.74) is 0.804. The number of carbonyl (C=O) groups is 1. The van der Waals surface area contributed by atoms with Crippen LogP contribution in [0.3, 0.4) is 0 Å². The molecule has 1 saturated carbocycles. The molecule has 2 atom stereocenters. The number of likely N-dealkylation sites (tertiary alicyclic amines) is 1. The zero-order valence-corrected chi connectivity index (χ0v) is 17.1. The van der Waals surface area contributed by atoms with Crippen LogP contribution in [0.4, 0.5) is 9.18 Å². The van der Waals surface area contributed by atoms with Crippen LogP contribution in [0.15, 0.2) is 54.6 Å². The van der Waals surface area contributed by atoms with Crippen molar-refractivity contribution in [2.75, 3.05) is 19.6 Å². The van der Waals surface area contributed by atoms with Gasteiger partial charge in [-0.3, -0.25) is 0 Å². The Kier molecular flexibility index (Phi) is 6.07. The molecule has 1 N–H and O–H groups in total. The summed E-state index contributed by atoms with van der Waals surface area (Å²) in [5.74, 6) is 0.486. The first kappa shape index (κ1) is 20.2. The normalized spacial score (nSPS) is 22.9. The summed E-state index contributed by atoms with van der Waals surface area (Å²) in [6.07, 6.45) is 1.29. The highest BCUT2D eigenvalue weighted by Crippen LogP contribution is 2.41. The third-order valence-electron chi connectivity index (χ3n) is 5.93. The van der Waals surface area contributed by atoms with Gasteiger partial charge in [0.25, 0.3) is 0 Å². The Morgan fingerprint density at radius 3 is 2.55 bits per heavy atom. The van der Waals surface area contributed by atoms with E-state index in [0.717, 1.165) is 12.0 Å². The van der Waals surface area contributed by atoms with Gasteiger partial charge in [-0.1, -0.05) is 60.1 Å². The number of benzene rings is 2. The smallest absolute Gasteiger partial charge is 0.410 e. The van der Waals surface area contributed by atoms with E-state index < -0.39 is 11.8 Å². The second kappa shape index (κ2) is 8.72. The molecule has 4 nitrogen and oxygen atoms in total. The highest BCUT2D eigenvalue weighted by molar-refractivity contribution is 6.31. The van der Waals surface area contributed by atoms with Crippen LogP contribution in [-0.4, -0.2) is 42.3 Å². The first-order chi connectivity index (χ1) is 14.0. The average molecular weight is 417 g/mol. The summed E-state index contributed by atoms with van der Waals surface area (Å²) in [6.45, 7) is 1.20. The Morgan fingerprint density at radius 2 is 1.83 bits per heavy atom. The summed E-state index contributed by atoms with van der Waals surface area (Å²) < 4.78 is 20.5. The van der Waals surface area contributed by atoms with Crippen molar-refractivity contribution in [3.63, 3.8) is 0 Å².